The summed E-state index contributed by atoms with van der Waals surface area (Å²) in [5, 5.41) is 23.5. The van der Waals surface area contributed by atoms with E-state index in [1.54, 1.807) is 6.07 Å². The van der Waals surface area contributed by atoms with Crippen LogP contribution in [0.15, 0.2) is 48.5 Å². The van der Waals surface area contributed by atoms with Crippen molar-refractivity contribution in [1.29, 1.82) is 5.26 Å². The lowest BCUT2D eigenvalue weighted by Crippen LogP contribution is -2.52. The fraction of sp³-hybridized carbons (Fsp3) is 0.407. The number of nitriles is 1. The van der Waals surface area contributed by atoms with E-state index in [9.17, 15) is 29.1 Å². The molecular weight excluding hydrogens is 463 g/mol. The van der Waals surface area contributed by atoms with E-state index in [1.807, 2.05) is 18.2 Å². The molecule has 0 radical (unpaired) electrons. The predicted molar refractivity (Wildman–Crippen MR) is 128 cm³/mol. The van der Waals surface area contributed by atoms with Crippen LogP contribution >= 0.6 is 0 Å². The zero-order valence-electron chi connectivity index (χ0n) is 19.9. The maximum Gasteiger partial charge on any atom is 0.256 e. The Hall–Kier alpha value is -3.77. The number of benzene rings is 2. The quantitative estimate of drug-likeness (QED) is 0.646. The smallest absolute Gasteiger partial charge is 0.256 e. The van der Waals surface area contributed by atoms with Gasteiger partial charge >= 0.3 is 0 Å². The minimum Gasteiger partial charge on any atom is -0.378 e. The number of fused-ring (bicyclic) bond motifs is 2. The first kappa shape index (κ1) is 23.9. The Labute approximate surface area is 208 Å². The molecule has 36 heavy (non-hydrogen) atoms. The average Bonchev–Trinajstić information content (AvgIpc) is 3.56. The minimum atomic E-state index is -1.56. The standard InChI is InChI=1S/C27H27FN4O4/c1-31(25(35)23(33)17-8-10-18(28)11-9-17)22(12-16-6-7-16)24(34)32-15-27(13-19(32)14-29)20-4-2-3-5-21(20)30-26(27)36/h2-5,8-11,16,19,22-23,33H,6-7,12-13,15H2,1H3,(H,30,36)/t19-,22-,23-,27-/m0/s1. The molecule has 1 aliphatic carbocycles. The summed E-state index contributed by atoms with van der Waals surface area (Å²) in [6.07, 6.45) is 0.891. The highest BCUT2D eigenvalue weighted by atomic mass is 19.1. The third-order valence-electron chi connectivity index (χ3n) is 7.69. The number of nitrogens with zero attached hydrogens (tertiary/aromatic N) is 3. The van der Waals surface area contributed by atoms with Crippen LogP contribution in [0.25, 0.3) is 0 Å². The van der Waals surface area contributed by atoms with Crippen molar-refractivity contribution < 1.29 is 23.9 Å². The fourth-order valence-corrected chi connectivity index (χ4v) is 5.41. The van der Waals surface area contributed by atoms with Crippen LogP contribution in [-0.4, -0.2) is 58.3 Å². The molecule has 4 atom stereocenters. The molecule has 2 heterocycles. The maximum atomic E-state index is 13.9. The number of aliphatic hydroxyl groups excluding tert-OH is 1. The summed E-state index contributed by atoms with van der Waals surface area (Å²) in [5.41, 5.74) is 0.644. The van der Waals surface area contributed by atoms with Gasteiger partial charge < -0.3 is 20.2 Å². The number of likely N-dealkylation sites (N-methyl/N-ethyl adjacent to an activating group) is 1. The Morgan fingerprint density at radius 1 is 1.25 bits per heavy atom. The van der Waals surface area contributed by atoms with Gasteiger partial charge in [0.05, 0.1) is 11.5 Å². The number of para-hydroxylation sites is 1. The summed E-state index contributed by atoms with van der Waals surface area (Å²) >= 11 is 0. The first-order chi connectivity index (χ1) is 17.2. The Morgan fingerprint density at radius 3 is 2.61 bits per heavy atom. The molecule has 0 aromatic heterocycles. The lowest BCUT2D eigenvalue weighted by molar-refractivity contribution is -0.150. The maximum absolute atomic E-state index is 13.9. The van der Waals surface area contributed by atoms with E-state index in [1.165, 1.54) is 29.0 Å². The lowest BCUT2D eigenvalue weighted by Gasteiger charge is -2.33. The minimum absolute atomic E-state index is 0.0383. The molecule has 8 nitrogen and oxygen atoms in total. The summed E-state index contributed by atoms with van der Waals surface area (Å²) in [4.78, 5) is 42.8. The van der Waals surface area contributed by atoms with Gasteiger partial charge in [0.15, 0.2) is 6.10 Å². The molecule has 2 N–H and O–H groups in total. The molecule has 186 valence electrons. The van der Waals surface area contributed by atoms with Crippen LogP contribution in [0, 0.1) is 23.1 Å². The molecule has 0 unspecified atom stereocenters. The second kappa shape index (κ2) is 9.03. The van der Waals surface area contributed by atoms with Crippen molar-refractivity contribution in [3.05, 3.63) is 65.5 Å². The number of amides is 3. The molecule has 1 saturated heterocycles. The van der Waals surface area contributed by atoms with Crippen molar-refractivity contribution in [2.24, 2.45) is 5.92 Å². The Kier molecular flexibility index (Phi) is 6.00. The van der Waals surface area contributed by atoms with E-state index >= 15 is 0 Å². The third kappa shape index (κ3) is 4.01. The zero-order valence-corrected chi connectivity index (χ0v) is 19.9. The Morgan fingerprint density at radius 2 is 1.94 bits per heavy atom. The zero-order chi connectivity index (χ0) is 25.6. The monoisotopic (exact) mass is 490 g/mol. The SMILES string of the molecule is CN(C(=O)[C@@H](O)c1ccc(F)cc1)[C@@H](CC1CC1)C(=O)N1C[C@]2(C[C@H]1C#N)C(=O)Nc1ccccc12. The molecule has 3 amide bonds. The molecule has 1 spiro atoms. The highest BCUT2D eigenvalue weighted by molar-refractivity contribution is 6.07. The van der Waals surface area contributed by atoms with E-state index in [-0.39, 0.29) is 30.4 Å². The number of carbonyl (C=O) groups is 3. The van der Waals surface area contributed by atoms with Gasteiger partial charge in [0.2, 0.25) is 11.8 Å². The normalized spacial score (nSPS) is 24.1. The predicted octanol–water partition coefficient (Wildman–Crippen LogP) is 2.50. The van der Waals surface area contributed by atoms with Gasteiger partial charge in [-0.3, -0.25) is 14.4 Å². The summed E-state index contributed by atoms with van der Waals surface area (Å²) in [6, 6.07) is 12.7. The van der Waals surface area contributed by atoms with Gasteiger partial charge in [-0.1, -0.05) is 43.2 Å². The highest BCUT2D eigenvalue weighted by Crippen LogP contribution is 2.47. The first-order valence-corrected chi connectivity index (χ1v) is 12.1. The second-order valence-electron chi connectivity index (χ2n) is 10.00. The number of anilines is 1. The van der Waals surface area contributed by atoms with Crippen molar-refractivity contribution >= 4 is 23.4 Å². The Balaban J connectivity index is 1.42. The van der Waals surface area contributed by atoms with Crippen LogP contribution in [0.4, 0.5) is 10.1 Å². The number of likely N-dealkylation sites (tertiary alicyclic amines) is 1. The highest BCUT2D eigenvalue weighted by Gasteiger charge is 2.57. The lowest BCUT2D eigenvalue weighted by atomic mass is 9.80. The van der Waals surface area contributed by atoms with E-state index in [2.05, 4.69) is 11.4 Å². The van der Waals surface area contributed by atoms with Gasteiger partial charge in [-0.05, 0) is 41.7 Å². The molecule has 2 aromatic rings. The topological polar surface area (TPSA) is 114 Å². The van der Waals surface area contributed by atoms with Gasteiger partial charge in [-0.15, -0.1) is 0 Å². The van der Waals surface area contributed by atoms with Crippen LogP contribution in [-0.2, 0) is 19.8 Å². The number of rotatable bonds is 6. The molecule has 9 heteroatoms. The van der Waals surface area contributed by atoms with Gasteiger partial charge in [-0.2, -0.15) is 5.26 Å². The second-order valence-corrected chi connectivity index (χ2v) is 10.00. The molecule has 2 fully saturated rings. The van der Waals surface area contributed by atoms with Crippen molar-refractivity contribution in [3.8, 4) is 6.07 Å². The van der Waals surface area contributed by atoms with E-state index in [0.717, 1.165) is 30.5 Å². The number of hydrogen-bond donors (Lipinski definition) is 2. The van der Waals surface area contributed by atoms with Crippen molar-refractivity contribution in [2.75, 3.05) is 18.9 Å². The van der Waals surface area contributed by atoms with Crippen LogP contribution in [0.3, 0.4) is 0 Å². The molecular formula is C27H27FN4O4. The summed E-state index contributed by atoms with van der Waals surface area (Å²) < 4.78 is 13.3. The molecule has 0 bridgehead atoms. The number of aliphatic hydroxyl groups is 1. The fourth-order valence-electron chi connectivity index (χ4n) is 5.41. The van der Waals surface area contributed by atoms with Gasteiger partial charge in [0.25, 0.3) is 5.91 Å². The summed E-state index contributed by atoms with van der Waals surface area (Å²) in [5.74, 6) is -1.56. The van der Waals surface area contributed by atoms with Gasteiger partial charge in [-0.25, -0.2) is 4.39 Å². The molecule has 1 saturated carbocycles. The first-order valence-electron chi connectivity index (χ1n) is 12.1. The molecule has 2 aliphatic heterocycles. The summed E-state index contributed by atoms with van der Waals surface area (Å²) in [7, 11) is 1.46. The number of nitrogens with one attached hydrogen (secondary N) is 1. The van der Waals surface area contributed by atoms with E-state index < -0.39 is 41.2 Å². The van der Waals surface area contributed by atoms with E-state index in [4.69, 9.17) is 0 Å². The van der Waals surface area contributed by atoms with Crippen LogP contribution in [0.1, 0.15) is 42.9 Å². The van der Waals surface area contributed by atoms with Gasteiger partial charge in [0, 0.05) is 25.7 Å². The number of carbonyl (C=O) groups excluding carboxylic acids is 3. The number of hydrogen-bond acceptors (Lipinski definition) is 5. The van der Waals surface area contributed by atoms with Crippen molar-refractivity contribution in [2.45, 2.75) is 49.3 Å². The van der Waals surface area contributed by atoms with E-state index in [0.29, 0.717) is 12.1 Å². The third-order valence-corrected chi connectivity index (χ3v) is 7.69. The van der Waals surface area contributed by atoms with Crippen LogP contribution < -0.4 is 5.32 Å². The number of halogens is 1. The molecule has 2 aromatic carbocycles. The van der Waals surface area contributed by atoms with Crippen molar-refractivity contribution in [3.63, 3.8) is 0 Å². The summed E-state index contributed by atoms with van der Waals surface area (Å²) in [6.45, 7) is 0.0383. The average molecular weight is 491 g/mol. The van der Waals surface area contributed by atoms with Crippen molar-refractivity contribution in [1.82, 2.24) is 9.80 Å². The molecule has 3 aliphatic rings. The Bertz CT molecular complexity index is 1260. The van der Waals surface area contributed by atoms with Gasteiger partial charge in [0.1, 0.15) is 17.9 Å². The van der Waals surface area contributed by atoms with Crippen LogP contribution in [0.2, 0.25) is 0 Å². The largest absolute Gasteiger partial charge is 0.378 e. The molecule has 5 rings (SSSR count). The van der Waals surface area contributed by atoms with Crippen LogP contribution in [0.5, 0.6) is 0 Å².